The number of halogens is 5. The summed E-state index contributed by atoms with van der Waals surface area (Å²) >= 11 is 0. The van der Waals surface area contributed by atoms with Crippen molar-refractivity contribution in [1.29, 1.82) is 0 Å². The molecule has 14 heavy (non-hydrogen) atoms. The second-order valence-electron chi connectivity index (χ2n) is 2.48. The quantitative estimate of drug-likeness (QED) is 0.729. The molecule has 1 N–H and O–H groups in total. The molecule has 0 bridgehead atoms. The summed E-state index contributed by atoms with van der Waals surface area (Å²) in [6.45, 7) is 0. The molecule has 0 amide bonds. The number of nitrogens with one attached hydrogen (secondary N) is 1. The van der Waals surface area contributed by atoms with E-state index in [9.17, 15) is 17.6 Å². The molecule has 0 aromatic heterocycles. The van der Waals surface area contributed by atoms with E-state index in [1.807, 2.05) is 0 Å². The Bertz CT molecular complexity index is 311. The zero-order valence-electron chi connectivity index (χ0n) is 7.15. The number of benzene rings is 1. The smallest absolute Gasteiger partial charge is 0.388 e. The van der Waals surface area contributed by atoms with Gasteiger partial charge in [-0.2, -0.15) is 13.2 Å². The summed E-state index contributed by atoms with van der Waals surface area (Å²) < 4.78 is 48.9. The fraction of sp³-hybridized carbons (Fsp3) is 0.250. The summed E-state index contributed by atoms with van der Waals surface area (Å²) in [5, 5.41) is 2.44. The van der Waals surface area contributed by atoms with Gasteiger partial charge >= 0.3 is 6.18 Å². The molecular formula is C8H8ClF4N. The van der Waals surface area contributed by atoms with E-state index in [0.29, 0.717) is 6.07 Å². The van der Waals surface area contributed by atoms with E-state index in [1.54, 1.807) is 0 Å². The molecule has 0 fully saturated rings. The minimum Gasteiger partial charge on any atom is -0.388 e. The van der Waals surface area contributed by atoms with Gasteiger partial charge in [0.25, 0.3) is 0 Å². The summed E-state index contributed by atoms with van der Waals surface area (Å²) in [4.78, 5) is 0. The van der Waals surface area contributed by atoms with Crippen LogP contribution in [0, 0.1) is 5.82 Å². The van der Waals surface area contributed by atoms with Gasteiger partial charge in [-0.25, -0.2) is 4.39 Å². The lowest BCUT2D eigenvalue weighted by atomic mass is 10.2. The van der Waals surface area contributed by atoms with Gasteiger partial charge in [0.05, 0.1) is 5.56 Å². The number of hydrogen-bond donors (Lipinski definition) is 1. The monoisotopic (exact) mass is 229 g/mol. The summed E-state index contributed by atoms with van der Waals surface area (Å²) in [5.74, 6) is -0.904. The number of anilines is 1. The van der Waals surface area contributed by atoms with Gasteiger partial charge in [0.1, 0.15) is 5.82 Å². The molecule has 1 aromatic rings. The first kappa shape index (κ1) is 13.0. The maximum absolute atomic E-state index is 12.6. The van der Waals surface area contributed by atoms with Crippen LogP contribution in [-0.2, 0) is 6.18 Å². The predicted octanol–water partition coefficient (Wildman–Crippen LogP) is 3.31. The molecule has 0 atom stereocenters. The van der Waals surface area contributed by atoms with E-state index in [4.69, 9.17) is 0 Å². The average Bonchev–Trinajstić information content (AvgIpc) is 2.01. The van der Waals surface area contributed by atoms with Crippen molar-refractivity contribution < 1.29 is 17.6 Å². The normalized spacial score (nSPS) is 10.6. The third-order valence-electron chi connectivity index (χ3n) is 1.51. The van der Waals surface area contributed by atoms with E-state index in [2.05, 4.69) is 5.32 Å². The minimum atomic E-state index is -4.51. The van der Waals surface area contributed by atoms with Gasteiger partial charge in [-0.1, -0.05) is 0 Å². The Kier molecular flexibility index (Phi) is 4.19. The molecule has 1 aromatic carbocycles. The summed E-state index contributed by atoms with van der Waals surface area (Å²) in [5.41, 5.74) is -0.885. The standard InChI is InChI=1S/C8H7F4N.ClH/c1-13-7-3-5(8(10,11)12)2-6(9)4-7;/h2-4,13H,1H3;1H. The van der Waals surface area contributed by atoms with Crippen LogP contribution in [0.25, 0.3) is 0 Å². The molecule has 0 unspecified atom stereocenters. The molecule has 80 valence electrons. The minimum absolute atomic E-state index is 0. The van der Waals surface area contributed by atoms with E-state index in [1.165, 1.54) is 7.05 Å². The Hall–Kier alpha value is -0.970. The molecule has 0 saturated carbocycles. The summed E-state index contributed by atoms with van der Waals surface area (Å²) in [6, 6.07) is 2.30. The van der Waals surface area contributed by atoms with Crippen molar-refractivity contribution in [2.75, 3.05) is 12.4 Å². The number of rotatable bonds is 1. The van der Waals surface area contributed by atoms with Gasteiger partial charge < -0.3 is 5.32 Å². The lowest BCUT2D eigenvalue weighted by molar-refractivity contribution is -0.137. The highest BCUT2D eigenvalue weighted by Gasteiger charge is 2.31. The van der Waals surface area contributed by atoms with Crippen LogP contribution in [0.15, 0.2) is 18.2 Å². The second kappa shape index (κ2) is 4.50. The lowest BCUT2D eigenvalue weighted by Crippen LogP contribution is -2.06. The fourth-order valence-electron chi connectivity index (χ4n) is 0.898. The average molecular weight is 230 g/mol. The van der Waals surface area contributed by atoms with Crippen LogP contribution in [0.4, 0.5) is 23.2 Å². The maximum Gasteiger partial charge on any atom is 0.416 e. The van der Waals surface area contributed by atoms with Crippen LogP contribution in [0.3, 0.4) is 0 Å². The van der Waals surface area contributed by atoms with Crippen LogP contribution >= 0.6 is 12.4 Å². The van der Waals surface area contributed by atoms with Crippen LogP contribution < -0.4 is 5.32 Å². The van der Waals surface area contributed by atoms with E-state index in [0.717, 1.165) is 12.1 Å². The van der Waals surface area contributed by atoms with Gasteiger partial charge in [-0.3, -0.25) is 0 Å². The predicted molar refractivity (Wildman–Crippen MR) is 48.2 cm³/mol. The Morgan fingerprint density at radius 1 is 1.14 bits per heavy atom. The zero-order valence-corrected chi connectivity index (χ0v) is 7.97. The van der Waals surface area contributed by atoms with Gasteiger partial charge in [0.2, 0.25) is 0 Å². The summed E-state index contributed by atoms with van der Waals surface area (Å²) in [6.07, 6.45) is -4.51. The van der Waals surface area contributed by atoms with Gasteiger partial charge in [-0.15, -0.1) is 12.4 Å². The topological polar surface area (TPSA) is 12.0 Å². The second-order valence-corrected chi connectivity index (χ2v) is 2.48. The summed E-state index contributed by atoms with van der Waals surface area (Å²) in [7, 11) is 1.43. The van der Waals surface area contributed by atoms with Crippen molar-refractivity contribution in [1.82, 2.24) is 0 Å². The Morgan fingerprint density at radius 2 is 1.71 bits per heavy atom. The lowest BCUT2D eigenvalue weighted by Gasteiger charge is -2.08. The largest absolute Gasteiger partial charge is 0.416 e. The van der Waals surface area contributed by atoms with Crippen molar-refractivity contribution in [3.63, 3.8) is 0 Å². The van der Waals surface area contributed by atoms with Crippen molar-refractivity contribution in [3.05, 3.63) is 29.6 Å². The number of alkyl halides is 3. The van der Waals surface area contributed by atoms with Gasteiger partial charge in [0, 0.05) is 12.7 Å². The molecule has 1 rings (SSSR count). The van der Waals surface area contributed by atoms with Gasteiger partial charge in [0.15, 0.2) is 0 Å². The highest BCUT2D eigenvalue weighted by Crippen LogP contribution is 2.31. The van der Waals surface area contributed by atoms with E-state index in [-0.39, 0.29) is 18.1 Å². The SMILES string of the molecule is CNc1cc(F)cc(C(F)(F)F)c1.Cl. The molecular weight excluding hydrogens is 222 g/mol. The molecule has 0 saturated heterocycles. The molecule has 6 heteroatoms. The molecule has 0 aliphatic rings. The Balaban J connectivity index is 0.00000169. The Morgan fingerprint density at radius 3 is 2.14 bits per heavy atom. The zero-order chi connectivity index (χ0) is 10.1. The number of hydrogen-bond acceptors (Lipinski definition) is 1. The first-order valence-corrected chi connectivity index (χ1v) is 3.49. The molecule has 0 aliphatic carbocycles. The maximum atomic E-state index is 12.6. The van der Waals surface area contributed by atoms with Crippen molar-refractivity contribution in [2.45, 2.75) is 6.18 Å². The van der Waals surface area contributed by atoms with Crippen molar-refractivity contribution >= 4 is 18.1 Å². The highest BCUT2D eigenvalue weighted by atomic mass is 35.5. The van der Waals surface area contributed by atoms with Crippen LogP contribution in [-0.4, -0.2) is 7.05 Å². The molecule has 1 nitrogen and oxygen atoms in total. The molecule has 0 spiro atoms. The van der Waals surface area contributed by atoms with Crippen LogP contribution in [0.2, 0.25) is 0 Å². The molecule has 0 radical (unpaired) electrons. The third kappa shape index (κ3) is 3.06. The van der Waals surface area contributed by atoms with Crippen molar-refractivity contribution in [3.8, 4) is 0 Å². The highest BCUT2D eigenvalue weighted by molar-refractivity contribution is 5.85. The molecule has 0 aliphatic heterocycles. The third-order valence-corrected chi connectivity index (χ3v) is 1.51. The van der Waals surface area contributed by atoms with E-state index < -0.39 is 17.6 Å². The van der Waals surface area contributed by atoms with Crippen LogP contribution in [0.1, 0.15) is 5.56 Å². The Labute approximate surface area is 84.5 Å². The molecule has 0 heterocycles. The van der Waals surface area contributed by atoms with E-state index >= 15 is 0 Å². The first-order valence-electron chi connectivity index (χ1n) is 3.49. The van der Waals surface area contributed by atoms with Gasteiger partial charge in [-0.05, 0) is 18.2 Å². The first-order chi connectivity index (χ1) is 5.93. The van der Waals surface area contributed by atoms with Crippen LogP contribution in [0.5, 0.6) is 0 Å². The fourth-order valence-corrected chi connectivity index (χ4v) is 0.898. The van der Waals surface area contributed by atoms with Crippen molar-refractivity contribution in [2.24, 2.45) is 0 Å².